The minimum absolute atomic E-state index is 0.0974. The molecule has 70 valence electrons. The van der Waals surface area contributed by atoms with Crippen molar-refractivity contribution in [3.05, 3.63) is 23.2 Å². The monoisotopic (exact) mass is 198 g/mol. The van der Waals surface area contributed by atoms with Gasteiger partial charge in [0.15, 0.2) is 0 Å². The van der Waals surface area contributed by atoms with Crippen LogP contribution in [-0.2, 0) is 4.79 Å². The maximum Gasteiger partial charge on any atom is 0.224 e. The first-order chi connectivity index (χ1) is 6.15. The lowest BCUT2D eigenvalue weighted by Crippen LogP contribution is -2.11. The van der Waals surface area contributed by atoms with Crippen molar-refractivity contribution >= 4 is 28.9 Å². The zero-order valence-electron chi connectivity index (χ0n) is 7.30. The number of anilines is 2. The van der Waals surface area contributed by atoms with Crippen molar-refractivity contribution in [3.63, 3.8) is 0 Å². The highest BCUT2D eigenvalue weighted by atomic mass is 35.5. The summed E-state index contributed by atoms with van der Waals surface area (Å²) in [6.45, 7) is 1.77. The van der Waals surface area contributed by atoms with Crippen molar-refractivity contribution < 1.29 is 4.79 Å². The summed E-state index contributed by atoms with van der Waals surface area (Å²) in [5.41, 5.74) is 6.60. The summed E-state index contributed by atoms with van der Waals surface area (Å²) in [6.07, 6.45) is 0.407. The molecule has 1 rings (SSSR count). The van der Waals surface area contributed by atoms with Crippen LogP contribution in [0, 0.1) is 0 Å². The van der Waals surface area contributed by atoms with Gasteiger partial charge in [-0.15, -0.1) is 0 Å². The Hall–Kier alpha value is -1.22. The minimum atomic E-state index is -0.0974. The Labute approximate surface area is 81.9 Å². The molecule has 3 nitrogen and oxygen atoms in total. The third kappa shape index (κ3) is 2.36. The van der Waals surface area contributed by atoms with Gasteiger partial charge in [-0.3, -0.25) is 4.79 Å². The van der Waals surface area contributed by atoms with Gasteiger partial charge in [0.25, 0.3) is 0 Å². The molecule has 3 N–H and O–H groups in total. The van der Waals surface area contributed by atoms with E-state index in [1.807, 2.05) is 0 Å². The van der Waals surface area contributed by atoms with Gasteiger partial charge in [-0.1, -0.05) is 24.6 Å². The minimum Gasteiger partial charge on any atom is -0.397 e. The molecular weight excluding hydrogens is 188 g/mol. The van der Waals surface area contributed by atoms with E-state index in [1.54, 1.807) is 25.1 Å². The first-order valence-corrected chi connectivity index (χ1v) is 4.36. The van der Waals surface area contributed by atoms with Gasteiger partial charge in [0.2, 0.25) is 5.91 Å². The summed E-state index contributed by atoms with van der Waals surface area (Å²) in [7, 11) is 0. The Morgan fingerprint density at radius 2 is 2.31 bits per heavy atom. The van der Waals surface area contributed by atoms with E-state index < -0.39 is 0 Å². The summed E-state index contributed by atoms with van der Waals surface area (Å²) in [5, 5.41) is 3.09. The fourth-order valence-corrected chi connectivity index (χ4v) is 1.13. The second-order valence-electron chi connectivity index (χ2n) is 2.61. The number of hydrogen-bond donors (Lipinski definition) is 2. The Morgan fingerprint density at radius 3 is 2.85 bits per heavy atom. The zero-order valence-corrected chi connectivity index (χ0v) is 8.06. The predicted molar refractivity (Wildman–Crippen MR) is 54.8 cm³/mol. The number of nitrogens with one attached hydrogen (secondary N) is 1. The number of amides is 1. The first-order valence-electron chi connectivity index (χ1n) is 3.99. The Kier molecular flexibility index (Phi) is 3.14. The zero-order chi connectivity index (χ0) is 9.84. The molecule has 0 atom stereocenters. The quantitative estimate of drug-likeness (QED) is 0.717. The van der Waals surface area contributed by atoms with Crippen LogP contribution in [0.1, 0.15) is 13.3 Å². The normalized spacial score (nSPS) is 9.69. The number of carbonyl (C=O) groups excluding carboxylic acids is 1. The molecular formula is C9H11ClN2O. The number of benzene rings is 1. The lowest BCUT2D eigenvalue weighted by molar-refractivity contribution is -0.115. The van der Waals surface area contributed by atoms with E-state index in [2.05, 4.69) is 5.32 Å². The van der Waals surface area contributed by atoms with Crippen molar-refractivity contribution in [2.45, 2.75) is 13.3 Å². The van der Waals surface area contributed by atoms with Gasteiger partial charge in [0.05, 0.1) is 16.4 Å². The Bertz CT molecular complexity index is 305. The largest absolute Gasteiger partial charge is 0.397 e. The van der Waals surface area contributed by atoms with Crippen molar-refractivity contribution in [1.29, 1.82) is 0 Å². The average molecular weight is 199 g/mol. The summed E-state index contributed by atoms with van der Waals surface area (Å²) in [5.74, 6) is -0.0974. The number of hydrogen-bond acceptors (Lipinski definition) is 2. The number of nitrogen functional groups attached to an aromatic ring is 1. The fraction of sp³-hybridized carbons (Fsp3) is 0.222. The number of nitrogens with two attached hydrogens (primary N) is 1. The summed E-state index contributed by atoms with van der Waals surface area (Å²) >= 11 is 5.84. The van der Waals surface area contributed by atoms with Crippen molar-refractivity contribution in [2.24, 2.45) is 0 Å². The Balaban J connectivity index is 2.93. The van der Waals surface area contributed by atoms with Crippen LogP contribution in [0.25, 0.3) is 0 Å². The van der Waals surface area contributed by atoms with Crippen LogP contribution in [0.2, 0.25) is 5.02 Å². The van der Waals surface area contributed by atoms with Gasteiger partial charge in [-0.25, -0.2) is 0 Å². The average Bonchev–Trinajstić information content (AvgIpc) is 2.11. The highest BCUT2D eigenvalue weighted by molar-refractivity contribution is 6.34. The highest BCUT2D eigenvalue weighted by Gasteiger charge is 2.06. The van der Waals surface area contributed by atoms with Crippen LogP contribution in [0.4, 0.5) is 11.4 Å². The topological polar surface area (TPSA) is 55.1 Å². The lowest BCUT2D eigenvalue weighted by Gasteiger charge is -2.08. The Morgan fingerprint density at radius 1 is 1.62 bits per heavy atom. The number of carbonyl (C=O) groups is 1. The molecule has 0 aliphatic carbocycles. The molecule has 13 heavy (non-hydrogen) atoms. The number of rotatable bonds is 2. The van der Waals surface area contributed by atoms with Crippen molar-refractivity contribution in [2.75, 3.05) is 11.1 Å². The van der Waals surface area contributed by atoms with E-state index in [-0.39, 0.29) is 5.91 Å². The number of halogens is 1. The SMILES string of the molecule is CCC(=O)Nc1c(N)cccc1Cl. The smallest absolute Gasteiger partial charge is 0.224 e. The van der Waals surface area contributed by atoms with E-state index in [9.17, 15) is 4.79 Å². The maximum atomic E-state index is 11.1. The second-order valence-corrected chi connectivity index (χ2v) is 3.01. The molecule has 0 spiro atoms. The van der Waals surface area contributed by atoms with Crippen LogP contribution in [0.5, 0.6) is 0 Å². The molecule has 1 aromatic rings. The van der Waals surface area contributed by atoms with Crippen molar-refractivity contribution in [3.8, 4) is 0 Å². The molecule has 0 saturated heterocycles. The van der Waals surface area contributed by atoms with Crippen LogP contribution < -0.4 is 11.1 Å². The van der Waals surface area contributed by atoms with E-state index in [0.29, 0.717) is 22.8 Å². The van der Waals surface area contributed by atoms with Gasteiger partial charge in [0.1, 0.15) is 0 Å². The molecule has 0 bridgehead atoms. The van der Waals surface area contributed by atoms with E-state index >= 15 is 0 Å². The van der Waals surface area contributed by atoms with Crippen LogP contribution >= 0.6 is 11.6 Å². The molecule has 0 aliphatic rings. The molecule has 4 heteroatoms. The summed E-state index contributed by atoms with van der Waals surface area (Å²) in [4.78, 5) is 11.1. The molecule has 0 fully saturated rings. The van der Waals surface area contributed by atoms with E-state index in [1.165, 1.54) is 0 Å². The molecule has 0 aliphatic heterocycles. The van der Waals surface area contributed by atoms with Gasteiger partial charge >= 0.3 is 0 Å². The highest BCUT2D eigenvalue weighted by Crippen LogP contribution is 2.27. The molecule has 0 heterocycles. The van der Waals surface area contributed by atoms with Gasteiger partial charge in [-0.2, -0.15) is 0 Å². The maximum absolute atomic E-state index is 11.1. The van der Waals surface area contributed by atoms with Crippen molar-refractivity contribution in [1.82, 2.24) is 0 Å². The standard InChI is InChI=1S/C9H11ClN2O/c1-2-8(13)12-9-6(10)4-3-5-7(9)11/h3-5H,2,11H2,1H3,(H,12,13). The molecule has 0 radical (unpaired) electrons. The van der Waals surface area contributed by atoms with Crippen LogP contribution in [0.3, 0.4) is 0 Å². The molecule has 1 aromatic carbocycles. The van der Waals surface area contributed by atoms with Gasteiger partial charge in [-0.05, 0) is 12.1 Å². The molecule has 0 saturated carbocycles. The van der Waals surface area contributed by atoms with E-state index in [4.69, 9.17) is 17.3 Å². The third-order valence-corrected chi connectivity index (χ3v) is 1.95. The van der Waals surface area contributed by atoms with E-state index in [0.717, 1.165) is 0 Å². The lowest BCUT2D eigenvalue weighted by atomic mass is 10.2. The van der Waals surface area contributed by atoms with Crippen LogP contribution in [-0.4, -0.2) is 5.91 Å². The predicted octanol–water partition coefficient (Wildman–Crippen LogP) is 2.27. The van der Waals surface area contributed by atoms with Gasteiger partial charge in [0, 0.05) is 6.42 Å². The number of para-hydroxylation sites is 1. The first kappa shape index (κ1) is 9.86. The van der Waals surface area contributed by atoms with Crippen LogP contribution in [0.15, 0.2) is 18.2 Å². The molecule has 0 aromatic heterocycles. The second kappa shape index (κ2) is 4.14. The fourth-order valence-electron chi connectivity index (χ4n) is 0.901. The summed E-state index contributed by atoms with van der Waals surface area (Å²) < 4.78 is 0. The third-order valence-electron chi connectivity index (χ3n) is 1.63. The molecule has 0 unspecified atom stereocenters. The van der Waals surface area contributed by atoms with Gasteiger partial charge < -0.3 is 11.1 Å². The molecule has 1 amide bonds. The summed E-state index contributed by atoms with van der Waals surface area (Å²) in [6, 6.07) is 5.11.